The fourth-order valence-electron chi connectivity index (χ4n) is 2.36. The van der Waals surface area contributed by atoms with E-state index in [9.17, 15) is 8.76 Å². The van der Waals surface area contributed by atoms with E-state index in [2.05, 4.69) is 9.71 Å². The molecule has 1 heterocycles. The number of hydrogen-bond donors (Lipinski definition) is 1. The van der Waals surface area contributed by atoms with Gasteiger partial charge in [0.15, 0.2) is 0 Å². The van der Waals surface area contributed by atoms with Crippen molar-refractivity contribution in [3.8, 4) is 17.2 Å². The molecule has 0 saturated carbocycles. The summed E-state index contributed by atoms with van der Waals surface area (Å²) in [5.74, 6) is 2.03. The van der Waals surface area contributed by atoms with E-state index in [4.69, 9.17) is 9.47 Å². The number of methoxy groups -OCH3 is 1. The summed E-state index contributed by atoms with van der Waals surface area (Å²) in [5, 5.41) is 0.862. The van der Waals surface area contributed by atoms with Crippen molar-refractivity contribution in [1.82, 2.24) is 4.98 Å². The van der Waals surface area contributed by atoms with E-state index >= 15 is 0 Å². The van der Waals surface area contributed by atoms with E-state index in [0.29, 0.717) is 17.2 Å². The molecule has 0 aliphatic rings. The lowest BCUT2D eigenvalue weighted by molar-refractivity contribution is 0.415. The van der Waals surface area contributed by atoms with Crippen LogP contribution in [0.4, 0.5) is 5.69 Å². The van der Waals surface area contributed by atoms with E-state index in [1.165, 1.54) is 0 Å². The molecule has 7 heteroatoms. The monoisotopic (exact) mass is 343 g/mol. The molecule has 0 aliphatic carbocycles. The van der Waals surface area contributed by atoms with Crippen LogP contribution in [-0.2, 0) is 11.3 Å². The summed E-state index contributed by atoms with van der Waals surface area (Å²) in [6, 6.07) is 12.4. The van der Waals surface area contributed by atoms with Crippen molar-refractivity contribution in [1.29, 1.82) is 0 Å². The van der Waals surface area contributed by atoms with Gasteiger partial charge in [0.05, 0.1) is 12.6 Å². The second kappa shape index (κ2) is 6.86. The lowest BCUT2D eigenvalue weighted by atomic mass is 10.2. The van der Waals surface area contributed by atoms with Crippen molar-refractivity contribution < 1.29 is 18.2 Å². The van der Waals surface area contributed by atoms with Crippen molar-refractivity contribution in [2.45, 2.75) is 6.92 Å². The Bertz CT molecular complexity index is 914. The van der Waals surface area contributed by atoms with Gasteiger partial charge >= 0.3 is 0 Å². The van der Waals surface area contributed by atoms with Gasteiger partial charge in [0, 0.05) is 34.6 Å². The maximum Gasteiger partial charge on any atom is 0.138 e. The molecule has 24 heavy (non-hydrogen) atoms. The zero-order chi connectivity index (χ0) is 17.1. The molecule has 0 aliphatic heterocycles. The number of nitrogens with one attached hydrogen (secondary N) is 1. The van der Waals surface area contributed by atoms with Gasteiger partial charge < -0.3 is 18.7 Å². The normalized spacial score (nSPS) is 12.0. The number of rotatable bonds is 5. The minimum atomic E-state index is -2.35. The molecular formula is C17H15N2O4S-. The molecule has 2 aromatic carbocycles. The summed E-state index contributed by atoms with van der Waals surface area (Å²) in [5.41, 5.74) is 2.06. The fourth-order valence-corrected chi connectivity index (χ4v) is 2.68. The average Bonchev–Trinajstić information content (AvgIpc) is 2.56. The van der Waals surface area contributed by atoms with E-state index in [0.717, 1.165) is 22.2 Å². The molecule has 1 unspecified atom stereocenters. The lowest BCUT2D eigenvalue weighted by Crippen LogP contribution is -2.02. The van der Waals surface area contributed by atoms with Crippen molar-refractivity contribution in [2.24, 2.45) is 0 Å². The van der Waals surface area contributed by atoms with Gasteiger partial charge in [-0.1, -0.05) is 0 Å². The van der Waals surface area contributed by atoms with Gasteiger partial charge in [-0.05, 0) is 48.9 Å². The molecule has 0 saturated heterocycles. The smallest absolute Gasteiger partial charge is 0.138 e. The summed E-state index contributed by atoms with van der Waals surface area (Å²) >= 11 is -2.35. The Morgan fingerprint density at radius 1 is 1.12 bits per heavy atom. The molecule has 3 aromatic rings. The predicted molar refractivity (Wildman–Crippen MR) is 92.1 cm³/mol. The van der Waals surface area contributed by atoms with E-state index in [1.54, 1.807) is 37.6 Å². The van der Waals surface area contributed by atoms with Crippen LogP contribution in [0, 0.1) is 6.92 Å². The number of aryl methyl sites for hydroxylation is 1. The Kier molecular flexibility index (Phi) is 4.64. The molecule has 3 rings (SSSR count). The molecule has 1 N–H and O–H groups in total. The van der Waals surface area contributed by atoms with Crippen LogP contribution in [0.5, 0.6) is 17.2 Å². The third kappa shape index (κ3) is 3.47. The highest BCUT2D eigenvalue weighted by Gasteiger charge is 2.08. The largest absolute Gasteiger partial charge is 0.755 e. The molecule has 1 aromatic heterocycles. The first-order valence-corrected chi connectivity index (χ1v) is 8.21. The van der Waals surface area contributed by atoms with Crippen LogP contribution >= 0.6 is 0 Å². The first kappa shape index (κ1) is 16.2. The third-order valence-electron chi connectivity index (χ3n) is 3.51. The number of benzene rings is 2. The van der Waals surface area contributed by atoms with Crippen LogP contribution in [0.3, 0.4) is 0 Å². The molecule has 6 nitrogen and oxygen atoms in total. The van der Waals surface area contributed by atoms with Gasteiger partial charge in [-0.25, -0.2) is 0 Å². The topological polar surface area (TPSA) is 83.5 Å². The maximum absolute atomic E-state index is 10.7. The summed E-state index contributed by atoms with van der Waals surface area (Å²) < 4.78 is 34.9. The minimum Gasteiger partial charge on any atom is -0.755 e. The van der Waals surface area contributed by atoms with Crippen LogP contribution in [-0.4, -0.2) is 20.9 Å². The quantitative estimate of drug-likeness (QED) is 0.716. The molecule has 0 spiro atoms. The Balaban J connectivity index is 1.93. The van der Waals surface area contributed by atoms with Gasteiger partial charge in [0.1, 0.15) is 17.2 Å². The summed E-state index contributed by atoms with van der Waals surface area (Å²) in [6.45, 7) is 1.85. The van der Waals surface area contributed by atoms with Crippen molar-refractivity contribution in [3.63, 3.8) is 0 Å². The number of anilines is 1. The van der Waals surface area contributed by atoms with Gasteiger partial charge in [-0.2, -0.15) is 0 Å². The number of hydrogen-bond acceptors (Lipinski definition) is 5. The number of nitrogens with zero attached hydrogens (tertiary/aromatic N) is 1. The summed E-state index contributed by atoms with van der Waals surface area (Å²) in [7, 11) is 1.61. The zero-order valence-corrected chi connectivity index (χ0v) is 13.9. The highest BCUT2D eigenvalue weighted by molar-refractivity contribution is 7.80. The molecule has 0 amide bonds. The van der Waals surface area contributed by atoms with Crippen molar-refractivity contribution in [3.05, 3.63) is 54.2 Å². The van der Waals surface area contributed by atoms with Crippen LogP contribution in [0.2, 0.25) is 0 Å². The molecule has 0 bridgehead atoms. The summed E-state index contributed by atoms with van der Waals surface area (Å²) in [6.07, 6.45) is 1.67. The van der Waals surface area contributed by atoms with Crippen LogP contribution in [0.15, 0.2) is 48.7 Å². The zero-order valence-electron chi connectivity index (χ0n) is 13.1. The number of ether oxygens (including phenoxy) is 2. The van der Waals surface area contributed by atoms with Crippen LogP contribution < -0.4 is 14.2 Å². The SMILES string of the molecule is COc1ccc2c(Oc3ccc(NS(=O)[O-])cc3C)ccnc2c1. The second-order valence-corrected chi connectivity index (χ2v) is 5.78. The van der Waals surface area contributed by atoms with Crippen LogP contribution in [0.25, 0.3) is 10.9 Å². The fraction of sp³-hybridized carbons (Fsp3) is 0.118. The molecule has 124 valence electrons. The van der Waals surface area contributed by atoms with Crippen molar-refractivity contribution in [2.75, 3.05) is 11.8 Å². The Labute approximate surface area is 141 Å². The van der Waals surface area contributed by atoms with E-state index in [1.807, 2.05) is 25.1 Å². The lowest BCUT2D eigenvalue weighted by Gasteiger charge is -2.14. The highest BCUT2D eigenvalue weighted by Crippen LogP contribution is 2.33. The van der Waals surface area contributed by atoms with Crippen molar-refractivity contribution >= 4 is 27.9 Å². The number of fused-ring (bicyclic) bond motifs is 1. The number of pyridine rings is 1. The number of aromatic nitrogens is 1. The van der Waals surface area contributed by atoms with Gasteiger partial charge in [0.25, 0.3) is 0 Å². The van der Waals surface area contributed by atoms with E-state index < -0.39 is 11.3 Å². The highest BCUT2D eigenvalue weighted by atomic mass is 32.2. The molecular weight excluding hydrogens is 328 g/mol. The Morgan fingerprint density at radius 3 is 2.67 bits per heavy atom. The predicted octanol–water partition coefficient (Wildman–Crippen LogP) is 3.55. The standard InChI is InChI=1S/C17H16N2O4S/c1-11-9-12(19-24(20)21)3-6-16(11)23-17-7-8-18-15-10-13(22-2)4-5-14(15)17/h3-10,19H,1-2H3,(H,20,21)/p-1. The Hall–Kier alpha value is -2.64. The third-order valence-corrected chi connectivity index (χ3v) is 3.91. The van der Waals surface area contributed by atoms with E-state index in [-0.39, 0.29) is 0 Å². The van der Waals surface area contributed by atoms with Gasteiger partial charge in [0.2, 0.25) is 0 Å². The van der Waals surface area contributed by atoms with Gasteiger partial charge in [-0.3, -0.25) is 9.19 Å². The Morgan fingerprint density at radius 2 is 1.96 bits per heavy atom. The molecule has 1 atom stereocenters. The summed E-state index contributed by atoms with van der Waals surface area (Å²) in [4.78, 5) is 4.32. The maximum atomic E-state index is 10.7. The first-order valence-electron chi connectivity index (χ1n) is 7.14. The minimum absolute atomic E-state index is 0.484. The molecule has 0 radical (unpaired) electrons. The first-order chi connectivity index (χ1) is 11.6. The van der Waals surface area contributed by atoms with Gasteiger partial charge in [-0.15, -0.1) is 0 Å². The second-order valence-electron chi connectivity index (χ2n) is 5.11. The average molecular weight is 343 g/mol. The van der Waals surface area contributed by atoms with Crippen LogP contribution in [0.1, 0.15) is 5.56 Å². The molecule has 0 fully saturated rings.